The van der Waals surface area contributed by atoms with Crippen LogP contribution in [0.4, 0.5) is 0 Å². The molecule has 1 aromatic heterocycles. The average Bonchev–Trinajstić information content (AvgIpc) is 2.82. The first kappa shape index (κ1) is 14.3. The zero-order valence-electron chi connectivity index (χ0n) is 12.2. The summed E-state index contributed by atoms with van der Waals surface area (Å²) < 4.78 is 0. The zero-order chi connectivity index (χ0) is 13.7. The lowest BCUT2D eigenvalue weighted by Gasteiger charge is -2.18. The molecule has 1 N–H and O–H groups in total. The molecule has 0 aromatic carbocycles. The Hall–Kier alpha value is -1.09. The fourth-order valence-electron chi connectivity index (χ4n) is 2.50. The highest BCUT2D eigenvalue weighted by Crippen LogP contribution is 2.27. The van der Waals surface area contributed by atoms with Gasteiger partial charge in [-0.15, -0.1) is 11.3 Å². The van der Waals surface area contributed by atoms with Gasteiger partial charge in [-0.2, -0.15) is 0 Å². The highest BCUT2D eigenvalue weighted by Gasteiger charge is 2.14. The molecule has 2 nitrogen and oxygen atoms in total. The maximum Gasteiger partial charge on any atom is 0.0983 e. The van der Waals surface area contributed by atoms with Crippen LogP contribution in [0, 0.1) is 0 Å². The summed E-state index contributed by atoms with van der Waals surface area (Å²) in [5, 5.41) is 5.62. The molecule has 1 unspecified atom stereocenters. The highest BCUT2D eigenvalue weighted by atomic mass is 32.1. The molecule has 2 rings (SSSR count). The van der Waals surface area contributed by atoms with Gasteiger partial charge in [0, 0.05) is 0 Å². The number of hydrogen-bond acceptors (Lipinski definition) is 3. The van der Waals surface area contributed by atoms with Gasteiger partial charge in [0.1, 0.15) is 0 Å². The Bertz CT molecular complexity index is 471. The third kappa shape index (κ3) is 3.93. The number of unbranched alkanes of at least 4 members (excludes halogenated alkanes) is 3. The largest absolute Gasteiger partial charge is 0.343 e. The third-order valence-corrected chi connectivity index (χ3v) is 4.40. The summed E-state index contributed by atoms with van der Waals surface area (Å²) in [6.45, 7) is 6.44. The van der Waals surface area contributed by atoms with Gasteiger partial charge >= 0.3 is 0 Å². The van der Waals surface area contributed by atoms with E-state index in [1.165, 1.54) is 48.2 Å². The van der Waals surface area contributed by atoms with Gasteiger partial charge in [-0.05, 0) is 49.8 Å². The fraction of sp³-hybridized carbons (Fsp3) is 0.562. The Morgan fingerprint density at radius 2 is 2.16 bits per heavy atom. The molecule has 19 heavy (non-hydrogen) atoms. The van der Waals surface area contributed by atoms with E-state index in [0.29, 0.717) is 0 Å². The minimum Gasteiger partial charge on any atom is -0.343 e. The Morgan fingerprint density at radius 3 is 2.89 bits per heavy atom. The minimum atomic E-state index is 0.284. The predicted octanol–water partition coefficient (Wildman–Crippen LogP) is 4.62. The SMILES string of the molecule is CCCCCCc1ccsc1C1=CC(C)N=C(C)N1. The van der Waals surface area contributed by atoms with Crippen LogP contribution in [0.25, 0.3) is 5.70 Å². The summed E-state index contributed by atoms with van der Waals surface area (Å²) >= 11 is 1.84. The molecule has 1 aliphatic rings. The third-order valence-electron chi connectivity index (χ3n) is 3.41. The highest BCUT2D eigenvalue weighted by molar-refractivity contribution is 7.11. The first-order valence-electron chi connectivity index (χ1n) is 7.30. The van der Waals surface area contributed by atoms with E-state index in [1.54, 1.807) is 0 Å². The van der Waals surface area contributed by atoms with Gasteiger partial charge in [-0.3, -0.25) is 4.99 Å². The summed E-state index contributed by atoms with van der Waals surface area (Å²) in [4.78, 5) is 5.89. The lowest BCUT2D eigenvalue weighted by molar-refractivity contribution is 0.667. The lowest BCUT2D eigenvalue weighted by Crippen LogP contribution is -2.25. The standard InChI is InChI=1S/C16H24N2S/c1-4-5-6-7-8-14-9-10-19-16(14)15-11-12(2)17-13(3)18-15/h9-12H,4-8H2,1-3H3,(H,17,18). The van der Waals surface area contributed by atoms with Crippen molar-refractivity contribution in [3.05, 3.63) is 28.0 Å². The van der Waals surface area contributed by atoms with Gasteiger partial charge in [0.15, 0.2) is 0 Å². The Morgan fingerprint density at radius 1 is 1.32 bits per heavy atom. The van der Waals surface area contributed by atoms with Gasteiger partial charge in [0.25, 0.3) is 0 Å². The van der Waals surface area contributed by atoms with E-state index in [1.807, 2.05) is 18.3 Å². The van der Waals surface area contributed by atoms with Crippen LogP contribution in [0.1, 0.15) is 56.9 Å². The van der Waals surface area contributed by atoms with Crippen LogP contribution in [0.5, 0.6) is 0 Å². The molecule has 0 saturated heterocycles. The van der Waals surface area contributed by atoms with Crippen molar-refractivity contribution in [1.29, 1.82) is 0 Å². The van der Waals surface area contributed by atoms with Gasteiger partial charge in [-0.1, -0.05) is 26.2 Å². The molecule has 1 aliphatic heterocycles. The number of aryl methyl sites for hydroxylation is 1. The van der Waals surface area contributed by atoms with Crippen molar-refractivity contribution in [2.45, 2.75) is 58.9 Å². The van der Waals surface area contributed by atoms with Crippen molar-refractivity contribution in [1.82, 2.24) is 5.32 Å². The summed E-state index contributed by atoms with van der Waals surface area (Å²) in [6, 6.07) is 2.56. The molecule has 1 atom stereocenters. The van der Waals surface area contributed by atoms with Crippen LogP contribution in [0.3, 0.4) is 0 Å². The first-order chi connectivity index (χ1) is 9.20. The van der Waals surface area contributed by atoms with E-state index in [2.05, 4.69) is 41.7 Å². The van der Waals surface area contributed by atoms with Crippen molar-refractivity contribution < 1.29 is 0 Å². The van der Waals surface area contributed by atoms with Gasteiger partial charge in [-0.25, -0.2) is 0 Å². The van der Waals surface area contributed by atoms with Crippen LogP contribution in [0.15, 0.2) is 22.5 Å². The fourth-order valence-corrected chi connectivity index (χ4v) is 3.43. The topological polar surface area (TPSA) is 24.4 Å². The summed E-state index contributed by atoms with van der Waals surface area (Å²) in [5.41, 5.74) is 2.74. The molecule has 2 heterocycles. The normalized spacial score (nSPS) is 18.8. The molecule has 0 spiro atoms. The first-order valence-corrected chi connectivity index (χ1v) is 8.18. The molecule has 0 amide bonds. The van der Waals surface area contributed by atoms with E-state index in [-0.39, 0.29) is 6.04 Å². The van der Waals surface area contributed by atoms with Crippen LogP contribution >= 0.6 is 11.3 Å². The molecule has 0 bridgehead atoms. The summed E-state index contributed by atoms with van der Waals surface area (Å²) in [6.07, 6.45) is 8.72. The number of nitrogens with one attached hydrogen (secondary N) is 1. The summed E-state index contributed by atoms with van der Waals surface area (Å²) in [7, 11) is 0. The Kier molecular flexibility index (Phi) is 5.20. The molecular weight excluding hydrogens is 252 g/mol. The molecule has 0 aliphatic carbocycles. The van der Waals surface area contributed by atoms with Gasteiger partial charge in [0.05, 0.1) is 22.5 Å². The number of hydrogen-bond donors (Lipinski definition) is 1. The van der Waals surface area contributed by atoms with E-state index in [9.17, 15) is 0 Å². The second-order valence-corrected chi connectivity index (χ2v) is 6.16. The van der Waals surface area contributed by atoms with Crippen molar-refractivity contribution in [3.8, 4) is 0 Å². The Labute approximate surface area is 120 Å². The molecular formula is C16H24N2S. The molecule has 0 saturated carbocycles. The van der Waals surface area contributed by atoms with Crippen molar-refractivity contribution in [2.24, 2.45) is 4.99 Å². The zero-order valence-corrected chi connectivity index (χ0v) is 13.0. The molecule has 1 aromatic rings. The summed E-state index contributed by atoms with van der Waals surface area (Å²) in [5.74, 6) is 1.02. The maximum absolute atomic E-state index is 4.49. The van der Waals surface area contributed by atoms with Crippen molar-refractivity contribution in [3.63, 3.8) is 0 Å². The number of rotatable bonds is 6. The van der Waals surface area contributed by atoms with Crippen LogP contribution in [-0.4, -0.2) is 11.9 Å². The predicted molar refractivity (Wildman–Crippen MR) is 85.8 cm³/mol. The van der Waals surface area contributed by atoms with Crippen LogP contribution in [0.2, 0.25) is 0 Å². The van der Waals surface area contributed by atoms with Crippen molar-refractivity contribution in [2.75, 3.05) is 0 Å². The van der Waals surface area contributed by atoms with Crippen molar-refractivity contribution >= 4 is 22.9 Å². The number of amidine groups is 1. The maximum atomic E-state index is 4.49. The smallest absolute Gasteiger partial charge is 0.0983 e. The number of nitrogens with zero attached hydrogens (tertiary/aromatic N) is 1. The Balaban J connectivity index is 2.03. The number of thiophene rings is 1. The van der Waals surface area contributed by atoms with E-state index < -0.39 is 0 Å². The second kappa shape index (κ2) is 6.90. The molecule has 0 fully saturated rings. The van der Waals surface area contributed by atoms with E-state index in [0.717, 1.165) is 5.84 Å². The van der Waals surface area contributed by atoms with E-state index in [4.69, 9.17) is 0 Å². The van der Waals surface area contributed by atoms with Gasteiger partial charge < -0.3 is 5.32 Å². The van der Waals surface area contributed by atoms with Crippen LogP contribution < -0.4 is 5.32 Å². The monoisotopic (exact) mass is 276 g/mol. The van der Waals surface area contributed by atoms with Crippen LogP contribution in [-0.2, 0) is 6.42 Å². The molecule has 104 valence electrons. The minimum absolute atomic E-state index is 0.284. The van der Waals surface area contributed by atoms with E-state index >= 15 is 0 Å². The second-order valence-electron chi connectivity index (χ2n) is 5.25. The average molecular weight is 276 g/mol. The lowest BCUT2D eigenvalue weighted by atomic mass is 10.0. The number of aliphatic imine (C=N–C) groups is 1. The molecule has 3 heteroatoms. The quantitative estimate of drug-likeness (QED) is 0.753. The van der Waals surface area contributed by atoms with Gasteiger partial charge in [0.2, 0.25) is 0 Å². The molecule has 0 radical (unpaired) electrons.